The lowest BCUT2D eigenvalue weighted by atomic mass is 10.0. The normalized spacial score (nSPS) is 14.3. The van der Waals surface area contributed by atoms with Gasteiger partial charge in [-0.3, -0.25) is 0 Å². The van der Waals surface area contributed by atoms with E-state index in [2.05, 4.69) is 58.2 Å². The minimum atomic E-state index is -0.205. The van der Waals surface area contributed by atoms with Crippen molar-refractivity contribution in [2.24, 2.45) is 0 Å². The van der Waals surface area contributed by atoms with Crippen molar-refractivity contribution < 1.29 is 4.39 Å². The molecule has 1 fully saturated rings. The smallest absolute Gasteiger partial charge is 0.227 e. The summed E-state index contributed by atoms with van der Waals surface area (Å²) in [4.78, 5) is 13.6. The van der Waals surface area contributed by atoms with Crippen molar-refractivity contribution in [3.8, 4) is 0 Å². The molecule has 5 nitrogen and oxygen atoms in total. The van der Waals surface area contributed by atoms with Crippen molar-refractivity contribution in [3.63, 3.8) is 0 Å². The fourth-order valence-corrected chi connectivity index (χ4v) is 3.49. The van der Waals surface area contributed by atoms with Crippen molar-refractivity contribution in [2.75, 3.05) is 41.3 Å². The second-order valence-corrected chi connectivity index (χ2v) is 7.59. The first-order chi connectivity index (χ1) is 14.1. The molecule has 2 aromatic carbocycles. The summed E-state index contributed by atoms with van der Waals surface area (Å²) in [7, 11) is 0. The van der Waals surface area contributed by atoms with Crippen molar-refractivity contribution in [3.05, 3.63) is 72.2 Å². The van der Waals surface area contributed by atoms with Gasteiger partial charge < -0.3 is 15.1 Å². The third-order valence-corrected chi connectivity index (χ3v) is 5.25. The summed E-state index contributed by atoms with van der Waals surface area (Å²) >= 11 is 0. The molecule has 0 spiro atoms. The van der Waals surface area contributed by atoms with Crippen LogP contribution in [-0.4, -0.2) is 36.1 Å². The first-order valence-electron chi connectivity index (χ1n) is 10.0. The Hall–Kier alpha value is -3.15. The minimum absolute atomic E-state index is 0.205. The van der Waals surface area contributed by atoms with Crippen LogP contribution < -0.4 is 15.1 Å². The first-order valence-corrected chi connectivity index (χ1v) is 10.0. The van der Waals surface area contributed by atoms with Crippen LogP contribution in [0, 0.1) is 5.82 Å². The monoisotopic (exact) mass is 391 g/mol. The number of hydrogen-bond donors (Lipinski definition) is 1. The number of piperazine rings is 1. The molecule has 29 heavy (non-hydrogen) atoms. The van der Waals surface area contributed by atoms with E-state index in [4.69, 9.17) is 4.98 Å². The molecule has 6 heteroatoms. The Morgan fingerprint density at radius 2 is 1.52 bits per heavy atom. The van der Waals surface area contributed by atoms with Crippen molar-refractivity contribution in [2.45, 2.75) is 19.8 Å². The second-order valence-electron chi connectivity index (χ2n) is 7.59. The Bertz CT molecular complexity index is 932. The Kier molecular flexibility index (Phi) is 5.60. The van der Waals surface area contributed by atoms with Gasteiger partial charge in [-0.05, 0) is 53.9 Å². The van der Waals surface area contributed by atoms with E-state index in [1.54, 1.807) is 6.20 Å². The van der Waals surface area contributed by atoms with Gasteiger partial charge in [0, 0.05) is 43.8 Å². The fraction of sp³-hybridized carbons (Fsp3) is 0.304. The van der Waals surface area contributed by atoms with E-state index in [0.29, 0.717) is 5.92 Å². The molecule has 150 valence electrons. The Morgan fingerprint density at radius 3 is 2.17 bits per heavy atom. The maximum absolute atomic E-state index is 13.1. The Morgan fingerprint density at radius 1 is 0.862 bits per heavy atom. The van der Waals surface area contributed by atoms with E-state index >= 15 is 0 Å². The third kappa shape index (κ3) is 4.65. The van der Waals surface area contributed by atoms with Gasteiger partial charge in [0.05, 0.1) is 0 Å². The number of nitrogens with one attached hydrogen (secondary N) is 1. The molecule has 0 unspecified atom stereocenters. The van der Waals surface area contributed by atoms with Crippen LogP contribution >= 0.6 is 0 Å². The molecule has 1 N–H and O–H groups in total. The van der Waals surface area contributed by atoms with Crippen molar-refractivity contribution in [1.82, 2.24) is 9.97 Å². The van der Waals surface area contributed by atoms with Crippen molar-refractivity contribution >= 4 is 23.1 Å². The predicted octanol–water partition coefficient (Wildman–Crippen LogP) is 4.81. The van der Waals surface area contributed by atoms with Crippen molar-refractivity contribution in [1.29, 1.82) is 0 Å². The highest BCUT2D eigenvalue weighted by molar-refractivity contribution is 5.58. The van der Waals surface area contributed by atoms with Crippen LogP contribution in [0.1, 0.15) is 25.3 Å². The highest BCUT2D eigenvalue weighted by Crippen LogP contribution is 2.22. The summed E-state index contributed by atoms with van der Waals surface area (Å²) in [5, 5.41) is 3.37. The molecule has 0 bridgehead atoms. The average Bonchev–Trinajstić information content (AvgIpc) is 2.75. The molecule has 0 radical (unpaired) electrons. The number of anilines is 4. The fourth-order valence-electron chi connectivity index (χ4n) is 3.49. The van der Waals surface area contributed by atoms with Crippen LogP contribution in [0.4, 0.5) is 27.5 Å². The largest absolute Gasteiger partial charge is 0.368 e. The molecule has 0 aliphatic carbocycles. The van der Waals surface area contributed by atoms with Gasteiger partial charge in [-0.2, -0.15) is 4.98 Å². The highest BCUT2D eigenvalue weighted by atomic mass is 19.1. The SMILES string of the molecule is CC(C)c1ccc(Nc2ccnc(N3CCN(c4ccc(F)cc4)CC3)n2)cc1. The lowest BCUT2D eigenvalue weighted by molar-refractivity contribution is 0.623. The lowest BCUT2D eigenvalue weighted by Gasteiger charge is -2.36. The zero-order chi connectivity index (χ0) is 20.2. The summed E-state index contributed by atoms with van der Waals surface area (Å²) in [6.07, 6.45) is 1.79. The number of rotatable bonds is 5. The molecule has 1 aliphatic heterocycles. The quantitative estimate of drug-likeness (QED) is 0.676. The number of halogens is 1. The van der Waals surface area contributed by atoms with Crippen LogP contribution in [0.15, 0.2) is 60.8 Å². The molecule has 0 amide bonds. The molecule has 1 aliphatic rings. The van der Waals surface area contributed by atoms with Gasteiger partial charge in [0.25, 0.3) is 0 Å². The standard InChI is InChI=1S/C23H26FN5/c1-17(2)18-3-7-20(8-4-18)26-22-11-12-25-23(27-22)29-15-13-28(14-16-29)21-9-5-19(24)6-10-21/h3-12,17H,13-16H2,1-2H3,(H,25,26,27). The van der Waals surface area contributed by atoms with E-state index in [1.165, 1.54) is 17.7 Å². The second kappa shape index (κ2) is 8.47. The van der Waals surface area contributed by atoms with Crippen LogP contribution in [0.25, 0.3) is 0 Å². The topological polar surface area (TPSA) is 44.3 Å². The molecule has 0 atom stereocenters. The van der Waals surface area contributed by atoms with Gasteiger partial charge in [-0.1, -0.05) is 26.0 Å². The predicted molar refractivity (Wildman–Crippen MR) is 117 cm³/mol. The molecule has 2 heterocycles. The van der Waals surface area contributed by atoms with E-state index < -0.39 is 0 Å². The maximum atomic E-state index is 13.1. The van der Waals surface area contributed by atoms with Gasteiger partial charge in [0.1, 0.15) is 11.6 Å². The Balaban J connectivity index is 1.39. The molecular weight excluding hydrogens is 365 g/mol. The van der Waals surface area contributed by atoms with Crippen LogP contribution in [-0.2, 0) is 0 Å². The van der Waals surface area contributed by atoms with Gasteiger partial charge in [0.2, 0.25) is 5.95 Å². The molecule has 4 rings (SSSR count). The van der Waals surface area contributed by atoms with Gasteiger partial charge in [-0.25, -0.2) is 9.37 Å². The van der Waals surface area contributed by atoms with Gasteiger partial charge in [-0.15, -0.1) is 0 Å². The highest BCUT2D eigenvalue weighted by Gasteiger charge is 2.19. The summed E-state index contributed by atoms with van der Waals surface area (Å²) in [6, 6.07) is 17.0. The number of nitrogens with zero attached hydrogens (tertiary/aromatic N) is 4. The molecule has 3 aromatic rings. The van der Waals surface area contributed by atoms with E-state index in [-0.39, 0.29) is 5.82 Å². The third-order valence-electron chi connectivity index (χ3n) is 5.25. The Labute approximate surface area is 171 Å². The van der Waals surface area contributed by atoms with E-state index in [1.807, 2.05) is 18.2 Å². The molecule has 1 aromatic heterocycles. The summed E-state index contributed by atoms with van der Waals surface area (Å²) < 4.78 is 13.1. The van der Waals surface area contributed by atoms with E-state index in [0.717, 1.165) is 49.3 Å². The summed E-state index contributed by atoms with van der Waals surface area (Å²) in [5.41, 5.74) is 3.38. The number of aromatic nitrogens is 2. The molecule has 0 saturated carbocycles. The number of benzene rings is 2. The summed E-state index contributed by atoms with van der Waals surface area (Å²) in [6.45, 7) is 7.73. The van der Waals surface area contributed by atoms with Gasteiger partial charge >= 0.3 is 0 Å². The number of hydrogen-bond acceptors (Lipinski definition) is 5. The maximum Gasteiger partial charge on any atom is 0.227 e. The summed E-state index contributed by atoms with van der Waals surface area (Å²) in [5.74, 6) is 1.83. The zero-order valence-corrected chi connectivity index (χ0v) is 16.8. The molecule has 1 saturated heterocycles. The van der Waals surface area contributed by atoms with Gasteiger partial charge in [0.15, 0.2) is 0 Å². The molecular formula is C23H26FN5. The van der Waals surface area contributed by atoms with Crippen LogP contribution in [0.3, 0.4) is 0 Å². The average molecular weight is 391 g/mol. The minimum Gasteiger partial charge on any atom is -0.368 e. The first kappa shape index (κ1) is 19.2. The lowest BCUT2D eigenvalue weighted by Crippen LogP contribution is -2.47. The van der Waals surface area contributed by atoms with Crippen LogP contribution in [0.5, 0.6) is 0 Å². The zero-order valence-electron chi connectivity index (χ0n) is 16.8. The van der Waals surface area contributed by atoms with E-state index in [9.17, 15) is 4.39 Å². The van der Waals surface area contributed by atoms with Crippen LogP contribution in [0.2, 0.25) is 0 Å².